The Bertz CT molecular complexity index is 4130. The van der Waals surface area contributed by atoms with E-state index in [9.17, 15) is 37.5 Å². The number of Topliss-reactive ketones (excluding diaryl/α,β-unsaturated/α-hetero) is 2. The molecule has 88 heavy (non-hydrogen) atoms. The fourth-order valence-electron chi connectivity index (χ4n) is 10.5. The predicted molar refractivity (Wildman–Crippen MR) is 347 cm³/mol. The number of carboxylic acid groups (broad SMARTS) is 1. The number of hydrogen-bond acceptors (Lipinski definition) is 13. The topological polar surface area (TPSA) is 232 Å². The second-order valence-electron chi connectivity index (χ2n) is 20.8. The summed E-state index contributed by atoms with van der Waals surface area (Å²) in [4.78, 5) is 83.9. The quantitative estimate of drug-likeness (QED) is 0.0744. The van der Waals surface area contributed by atoms with Gasteiger partial charge in [-0.1, -0.05) is 80.2 Å². The van der Waals surface area contributed by atoms with E-state index in [4.69, 9.17) is 5.11 Å². The maximum absolute atomic E-state index is 14.5. The molecule has 2 aliphatic rings. The van der Waals surface area contributed by atoms with E-state index in [0.29, 0.717) is 40.6 Å². The molecule has 0 aliphatic carbocycles. The van der Waals surface area contributed by atoms with Gasteiger partial charge in [0.05, 0.1) is 24.0 Å². The highest BCUT2D eigenvalue weighted by Gasteiger charge is 2.40. The summed E-state index contributed by atoms with van der Waals surface area (Å²) >= 11 is 7.33. The number of nitrogens with zero attached hydrogens (tertiary/aromatic N) is 9. The standard InChI is InChI=1S/C31H29FN6O3.C19H16N4O3.C12H15FN2O.CH4.ClH.S2.H2S/c1-19-10-29-33-14-23(15-38(29)35-19)22-8-9-27-25(11-22)26(20(2)39)17-36(27)18-30(40)37-16-24(32)12-28(37)31(41)34-13-21-6-4-3-5-7-21;1-11-5-18-20-7-14(8-23(18)21-11)13-3-4-17-15(6-13)16(12(2)24)9-22(17)10-19(25)26;13-10-6-11(14-8-10)12(16)15-7-9-4-2-1-3-5-9;;;1-2;/h3-11,14-15,17,24,28H,12-13,16,18H2,1-2H3,(H,34,41);3-9H,10H2,1-2H3,(H,25,26);1-5,10-11,14H,6-8H2,(H,15,16);1H4;1H;;1H2/t24-,28+;;10-,11+;;;;/m1.1..../s1. The van der Waals surface area contributed by atoms with E-state index < -0.39 is 24.4 Å². The summed E-state index contributed by atoms with van der Waals surface area (Å²) in [5.41, 5.74) is 11.0. The van der Waals surface area contributed by atoms with Gasteiger partial charge in [-0.3, -0.25) is 28.8 Å². The number of likely N-dealkylation sites (tertiary alicyclic amines) is 1. The van der Waals surface area contributed by atoms with Gasteiger partial charge in [0, 0.05) is 148 Å². The highest BCUT2D eigenvalue weighted by atomic mass is 35.5. The van der Waals surface area contributed by atoms with Gasteiger partial charge in [-0.05, 0) is 74.2 Å². The Morgan fingerprint density at radius 3 is 1.53 bits per heavy atom. The summed E-state index contributed by atoms with van der Waals surface area (Å²) < 4.78 is 34.0. The molecule has 2 fully saturated rings. The number of fused-ring (bicyclic) bond motifs is 4. The number of carbonyl (C=O) groups is 6. The van der Waals surface area contributed by atoms with Gasteiger partial charge in [-0.25, -0.2) is 27.8 Å². The van der Waals surface area contributed by atoms with Crippen LogP contribution < -0.4 is 16.0 Å². The van der Waals surface area contributed by atoms with Crippen molar-refractivity contribution < 1.29 is 42.7 Å². The Hall–Kier alpha value is -8.68. The maximum atomic E-state index is 14.5. The van der Waals surface area contributed by atoms with Gasteiger partial charge in [-0.15, -0.1) is 12.4 Å². The lowest BCUT2D eigenvalue weighted by Gasteiger charge is -2.24. The molecule has 19 nitrogen and oxygen atoms in total. The number of alkyl halides is 2. The molecule has 0 saturated carbocycles. The highest BCUT2D eigenvalue weighted by molar-refractivity contribution is 8.07. The lowest BCUT2D eigenvalue weighted by atomic mass is 10.0. The molecule has 4 N–H and O–H groups in total. The van der Waals surface area contributed by atoms with Crippen LogP contribution in [0.1, 0.15) is 77.3 Å². The fourth-order valence-corrected chi connectivity index (χ4v) is 10.5. The van der Waals surface area contributed by atoms with Crippen LogP contribution in [0.4, 0.5) is 8.78 Å². The third kappa shape index (κ3) is 16.3. The minimum atomic E-state index is -1.28. The molecular formula is C63H67ClF2N12O7S3. The number of aliphatic carboxylic acids is 1. The van der Waals surface area contributed by atoms with Crippen LogP contribution in [0, 0.1) is 13.8 Å². The maximum Gasteiger partial charge on any atom is 0.323 e. The summed E-state index contributed by atoms with van der Waals surface area (Å²) in [7, 11) is 0. The van der Waals surface area contributed by atoms with Crippen LogP contribution in [0.25, 0.3) is 55.4 Å². The number of hydrogen-bond donors (Lipinski definition) is 4. The van der Waals surface area contributed by atoms with Crippen LogP contribution in [-0.2, 0) is 67.7 Å². The van der Waals surface area contributed by atoms with E-state index in [-0.39, 0.29) is 108 Å². The van der Waals surface area contributed by atoms with Crippen molar-refractivity contribution in [2.75, 3.05) is 13.1 Å². The van der Waals surface area contributed by atoms with E-state index in [2.05, 4.69) is 58.5 Å². The smallest absolute Gasteiger partial charge is 0.323 e. The van der Waals surface area contributed by atoms with Crippen molar-refractivity contribution in [1.29, 1.82) is 0 Å². The molecular weight excluding hydrogens is 1210 g/mol. The molecule has 4 atom stereocenters. The summed E-state index contributed by atoms with van der Waals surface area (Å²) in [6.45, 7) is 7.38. The molecule has 0 spiro atoms. The van der Waals surface area contributed by atoms with E-state index in [0.717, 1.165) is 61.4 Å². The van der Waals surface area contributed by atoms with Gasteiger partial charge in [0.15, 0.2) is 22.9 Å². The SMILES string of the molecule is C.CC(=O)c1cn(CC(=O)N2C[C@H](F)C[C@H]2C(=O)NCc2ccccc2)c2ccc(-c3cnc4cc(C)nn4c3)cc12.CC(=O)c1cn(CC(=O)O)c2ccc(-c3cnc4cc(C)nn4c3)cc12.Cl.O=C(NCc1ccccc1)[C@@H]1C[C@@H](F)CN1.S.S=S. The van der Waals surface area contributed by atoms with E-state index in [1.807, 2.05) is 135 Å². The van der Waals surface area contributed by atoms with Crippen molar-refractivity contribution in [3.63, 3.8) is 0 Å². The molecule has 25 heteroatoms. The van der Waals surface area contributed by atoms with Crippen molar-refractivity contribution in [3.8, 4) is 22.3 Å². The molecule has 10 aromatic rings. The summed E-state index contributed by atoms with van der Waals surface area (Å²) in [6.07, 6.45) is 8.60. The van der Waals surface area contributed by atoms with E-state index >= 15 is 0 Å². The average molecular weight is 1270 g/mol. The number of nitrogens with one attached hydrogen (secondary N) is 3. The number of carbonyl (C=O) groups excluding carboxylic acids is 5. The predicted octanol–water partition coefficient (Wildman–Crippen LogP) is 9.23. The second kappa shape index (κ2) is 30.8. The van der Waals surface area contributed by atoms with Crippen LogP contribution in [0.15, 0.2) is 146 Å². The molecule has 3 amide bonds. The Labute approximate surface area is 529 Å². The largest absolute Gasteiger partial charge is 0.480 e. The summed E-state index contributed by atoms with van der Waals surface area (Å²) in [5.74, 6) is -2.09. The minimum Gasteiger partial charge on any atom is -0.480 e. The molecule has 0 radical (unpaired) electrons. The Morgan fingerprint density at radius 1 is 0.625 bits per heavy atom. The van der Waals surface area contributed by atoms with Crippen molar-refractivity contribution in [3.05, 3.63) is 180 Å². The fraction of sp³-hybridized carbons (Fsp3) is 0.270. The van der Waals surface area contributed by atoms with Gasteiger partial charge < -0.3 is 35.1 Å². The first-order valence-corrected chi connectivity index (χ1v) is 28.5. The molecule has 4 aromatic carbocycles. The zero-order valence-corrected chi connectivity index (χ0v) is 51.2. The Morgan fingerprint density at radius 2 is 1.09 bits per heavy atom. The van der Waals surface area contributed by atoms with Crippen molar-refractivity contribution in [2.24, 2.45) is 0 Å². The Kier molecular flexibility index (Phi) is 23.9. The van der Waals surface area contributed by atoms with Gasteiger partial charge in [0.1, 0.15) is 31.5 Å². The number of halogens is 3. The van der Waals surface area contributed by atoms with Crippen molar-refractivity contribution in [1.82, 2.24) is 59.2 Å². The van der Waals surface area contributed by atoms with Gasteiger partial charge >= 0.3 is 5.97 Å². The Balaban J connectivity index is 0.000000225. The number of rotatable bonds is 14. The first-order valence-electron chi connectivity index (χ1n) is 27.2. The van der Waals surface area contributed by atoms with E-state index in [1.165, 1.54) is 18.7 Å². The molecule has 2 aliphatic heterocycles. The number of amides is 3. The molecule has 12 rings (SSSR count). The van der Waals surface area contributed by atoms with Gasteiger partial charge in [-0.2, -0.15) is 23.7 Å². The monoisotopic (exact) mass is 1270 g/mol. The molecule has 6 aromatic heterocycles. The second-order valence-corrected chi connectivity index (χ2v) is 20.8. The van der Waals surface area contributed by atoms with Crippen molar-refractivity contribution in [2.45, 2.75) is 98.6 Å². The molecule has 8 heterocycles. The van der Waals surface area contributed by atoms with Gasteiger partial charge in [0.2, 0.25) is 17.7 Å². The number of aryl methyl sites for hydroxylation is 2. The summed E-state index contributed by atoms with van der Waals surface area (Å²) in [5, 5.41) is 27.8. The lowest BCUT2D eigenvalue weighted by molar-refractivity contribution is -0.139. The number of carboxylic acids is 1. The zero-order chi connectivity index (χ0) is 60.5. The van der Waals surface area contributed by atoms with Crippen LogP contribution in [0.2, 0.25) is 0 Å². The highest BCUT2D eigenvalue weighted by Crippen LogP contribution is 2.31. The molecule has 2 saturated heterocycles. The number of aromatic nitrogens is 8. The normalized spacial score (nSPS) is 15.7. The van der Waals surface area contributed by atoms with Crippen LogP contribution in [0.5, 0.6) is 0 Å². The first kappa shape index (κ1) is 68.4. The average Bonchev–Trinajstić information content (AvgIpc) is 2.40. The zero-order valence-electron chi connectivity index (χ0n) is 47.7. The van der Waals surface area contributed by atoms with Crippen molar-refractivity contribution >= 4 is 117 Å². The minimum absolute atomic E-state index is 0. The van der Waals surface area contributed by atoms with Gasteiger partial charge in [0.25, 0.3) is 0 Å². The third-order valence-corrected chi connectivity index (χ3v) is 14.6. The third-order valence-electron chi connectivity index (χ3n) is 14.6. The van der Waals surface area contributed by atoms with Crippen LogP contribution >= 0.6 is 25.9 Å². The number of benzene rings is 4. The molecule has 0 unspecified atom stereocenters. The first-order chi connectivity index (χ1) is 40.9. The van der Waals surface area contributed by atoms with Crippen LogP contribution in [-0.4, -0.2) is 121 Å². The van der Waals surface area contributed by atoms with Crippen LogP contribution in [0.3, 0.4) is 0 Å². The number of ketones is 2. The lowest BCUT2D eigenvalue weighted by Crippen LogP contribution is -2.46. The molecule has 460 valence electrons. The molecule has 0 bridgehead atoms. The van der Waals surface area contributed by atoms with E-state index in [1.54, 1.807) is 43.0 Å². The summed E-state index contributed by atoms with van der Waals surface area (Å²) in [6, 6.07) is 32.9.